The van der Waals surface area contributed by atoms with Crippen LogP contribution in [0.4, 0.5) is 4.39 Å². The number of halogens is 1. The zero-order valence-electron chi connectivity index (χ0n) is 11.1. The molecule has 1 aliphatic heterocycles. The SMILES string of the molecule is CSc1cc(C(=O)N2CCCC(C(=O)O)C2)ccc1F. The molecule has 0 aromatic heterocycles. The Balaban J connectivity index is 2.16. The maximum absolute atomic E-state index is 13.4. The van der Waals surface area contributed by atoms with Crippen LogP contribution in [-0.4, -0.2) is 41.2 Å². The molecule has 20 heavy (non-hydrogen) atoms. The number of thioether (sulfide) groups is 1. The Bertz CT molecular complexity index is 535. The van der Waals surface area contributed by atoms with Gasteiger partial charge in [-0.05, 0) is 37.3 Å². The van der Waals surface area contributed by atoms with E-state index in [4.69, 9.17) is 5.11 Å². The highest BCUT2D eigenvalue weighted by atomic mass is 32.2. The monoisotopic (exact) mass is 297 g/mol. The van der Waals surface area contributed by atoms with E-state index >= 15 is 0 Å². The van der Waals surface area contributed by atoms with Crippen molar-refractivity contribution in [1.82, 2.24) is 4.90 Å². The van der Waals surface area contributed by atoms with Gasteiger partial charge in [0, 0.05) is 23.5 Å². The molecule has 1 heterocycles. The van der Waals surface area contributed by atoms with Crippen LogP contribution in [0.5, 0.6) is 0 Å². The summed E-state index contributed by atoms with van der Waals surface area (Å²) in [5, 5.41) is 9.04. The van der Waals surface area contributed by atoms with E-state index in [0.717, 1.165) is 0 Å². The van der Waals surface area contributed by atoms with Crippen molar-refractivity contribution in [3.8, 4) is 0 Å². The van der Waals surface area contributed by atoms with E-state index < -0.39 is 11.9 Å². The van der Waals surface area contributed by atoms with Crippen molar-refractivity contribution in [2.75, 3.05) is 19.3 Å². The Morgan fingerprint density at radius 1 is 1.45 bits per heavy atom. The van der Waals surface area contributed by atoms with Crippen LogP contribution < -0.4 is 0 Å². The Hall–Kier alpha value is -1.56. The van der Waals surface area contributed by atoms with Gasteiger partial charge in [0.05, 0.1) is 5.92 Å². The topological polar surface area (TPSA) is 57.6 Å². The van der Waals surface area contributed by atoms with Gasteiger partial charge in [0.25, 0.3) is 5.91 Å². The molecule has 0 aliphatic carbocycles. The molecule has 0 spiro atoms. The average Bonchev–Trinajstić information content (AvgIpc) is 2.47. The van der Waals surface area contributed by atoms with E-state index in [2.05, 4.69) is 0 Å². The number of aliphatic carboxylic acids is 1. The molecule has 1 saturated heterocycles. The van der Waals surface area contributed by atoms with Gasteiger partial charge in [-0.3, -0.25) is 9.59 Å². The molecule has 1 unspecified atom stereocenters. The van der Waals surface area contributed by atoms with Crippen LogP contribution in [0.3, 0.4) is 0 Å². The third-order valence-corrected chi connectivity index (χ3v) is 4.21. The largest absolute Gasteiger partial charge is 0.481 e. The van der Waals surface area contributed by atoms with Gasteiger partial charge in [-0.25, -0.2) is 4.39 Å². The van der Waals surface area contributed by atoms with Crippen molar-refractivity contribution < 1.29 is 19.1 Å². The van der Waals surface area contributed by atoms with Crippen LogP contribution in [0.15, 0.2) is 23.1 Å². The number of benzene rings is 1. The van der Waals surface area contributed by atoms with Gasteiger partial charge in [-0.1, -0.05) is 0 Å². The fraction of sp³-hybridized carbons (Fsp3) is 0.429. The van der Waals surface area contributed by atoms with E-state index in [-0.39, 0.29) is 18.3 Å². The Labute approximate surface area is 121 Å². The van der Waals surface area contributed by atoms with Gasteiger partial charge in [0.15, 0.2) is 0 Å². The first-order valence-electron chi connectivity index (χ1n) is 6.38. The van der Waals surface area contributed by atoms with Crippen LogP contribution in [0.25, 0.3) is 0 Å². The van der Waals surface area contributed by atoms with E-state index in [0.29, 0.717) is 29.8 Å². The first-order valence-corrected chi connectivity index (χ1v) is 7.61. The molecule has 0 bridgehead atoms. The van der Waals surface area contributed by atoms with Crippen molar-refractivity contribution in [2.24, 2.45) is 5.92 Å². The van der Waals surface area contributed by atoms with Gasteiger partial charge in [-0.15, -0.1) is 11.8 Å². The number of piperidine rings is 1. The molecule has 1 N–H and O–H groups in total. The second kappa shape index (κ2) is 6.26. The Morgan fingerprint density at radius 2 is 2.20 bits per heavy atom. The molecule has 0 radical (unpaired) electrons. The van der Waals surface area contributed by atoms with Gasteiger partial charge < -0.3 is 10.0 Å². The van der Waals surface area contributed by atoms with Crippen molar-refractivity contribution in [3.63, 3.8) is 0 Å². The minimum absolute atomic E-state index is 0.222. The summed E-state index contributed by atoms with van der Waals surface area (Å²) in [5.74, 6) is -1.96. The van der Waals surface area contributed by atoms with Crippen LogP contribution >= 0.6 is 11.8 Å². The third kappa shape index (κ3) is 3.12. The maximum Gasteiger partial charge on any atom is 0.308 e. The summed E-state index contributed by atoms with van der Waals surface area (Å²) in [4.78, 5) is 25.3. The fourth-order valence-electron chi connectivity index (χ4n) is 2.34. The summed E-state index contributed by atoms with van der Waals surface area (Å²) in [6.45, 7) is 0.773. The predicted molar refractivity (Wildman–Crippen MR) is 74.4 cm³/mol. The van der Waals surface area contributed by atoms with Gasteiger partial charge >= 0.3 is 5.97 Å². The van der Waals surface area contributed by atoms with Crippen LogP contribution in [0.1, 0.15) is 23.2 Å². The van der Waals surface area contributed by atoms with Gasteiger partial charge in [-0.2, -0.15) is 0 Å². The van der Waals surface area contributed by atoms with Crippen LogP contribution in [0, 0.1) is 11.7 Å². The number of rotatable bonds is 3. The number of nitrogens with zero attached hydrogens (tertiary/aromatic N) is 1. The number of hydrogen-bond donors (Lipinski definition) is 1. The van der Waals surface area contributed by atoms with E-state index in [9.17, 15) is 14.0 Å². The molecule has 4 nitrogen and oxygen atoms in total. The van der Waals surface area contributed by atoms with Crippen molar-refractivity contribution in [1.29, 1.82) is 0 Å². The van der Waals surface area contributed by atoms with Crippen LogP contribution in [-0.2, 0) is 4.79 Å². The highest BCUT2D eigenvalue weighted by Gasteiger charge is 2.28. The summed E-state index contributed by atoms with van der Waals surface area (Å²) >= 11 is 1.24. The fourth-order valence-corrected chi connectivity index (χ4v) is 2.85. The number of likely N-dealkylation sites (tertiary alicyclic amines) is 1. The molecule has 1 amide bonds. The van der Waals surface area contributed by atoms with Crippen LogP contribution in [0.2, 0.25) is 0 Å². The molecule has 1 aromatic rings. The van der Waals surface area contributed by atoms with Gasteiger partial charge in [0.2, 0.25) is 0 Å². The van der Waals surface area contributed by atoms with E-state index in [1.54, 1.807) is 11.2 Å². The third-order valence-electron chi connectivity index (χ3n) is 3.46. The lowest BCUT2D eigenvalue weighted by Crippen LogP contribution is -2.42. The van der Waals surface area contributed by atoms with Gasteiger partial charge in [0.1, 0.15) is 5.82 Å². The maximum atomic E-state index is 13.4. The lowest BCUT2D eigenvalue weighted by atomic mass is 9.97. The minimum Gasteiger partial charge on any atom is -0.481 e. The highest BCUT2D eigenvalue weighted by molar-refractivity contribution is 7.98. The molecule has 0 saturated carbocycles. The number of hydrogen-bond acceptors (Lipinski definition) is 3. The first kappa shape index (κ1) is 14.8. The minimum atomic E-state index is -0.869. The summed E-state index contributed by atoms with van der Waals surface area (Å²) in [5.41, 5.74) is 0.404. The number of amides is 1. The lowest BCUT2D eigenvalue weighted by Gasteiger charge is -2.30. The molecule has 2 rings (SSSR count). The molecule has 6 heteroatoms. The van der Waals surface area contributed by atoms with Crippen molar-refractivity contribution in [2.45, 2.75) is 17.7 Å². The number of carbonyl (C=O) groups is 2. The summed E-state index contributed by atoms with van der Waals surface area (Å²) in [6, 6.07) is 4.24. The molecule has 108 valence electrons. The number of carbonyl (C=O) groups excluding carboxylic acids is 1. The zero-order valence-corrected chi connectivity index (χ0v) is 12.0. The van der Waals surface area contributed by atoms with E-state index in [1.165, 1.54) is 30.0 Å². The highest BCUT2D eigenvalue weighted by Crippen LogP contribution is 2.23. The predicted octanol–water partition coefficient (Wildman–Crippen LogP) is 2.48. The smallest absolute Gasteiger partial charge is 0.308 e. The first-order chi connectivity index (χ1) is 9.52. The number of carboxylic acid groups (broad SMARTS) is 1. The van der Waals surface area contributed by atoms with E-state index in [1.807, 2.05) is 0 Å². The second-order valence-electron chi connectivity index (χ2n) is 4.78. The molecule has 1 aromatic carbocycles. The van der Waals surface area contributed by atoms with Crippen molar-refractivity contribution >= 4 is 23.6 Å². The summed E-state index contributed by atoms with van der Waals surface area (Å²) in [7, 11) is 0. The molecule has 1 fully saturated rings. The summed E-state index contributed by atoms with van der Waals surface area (Å²) in [6.07, 6.45) is 3.02. The Morgan fingerprint density at radius 3 is 2.85 bits per heavy atom. The molecular weight excluding hydrogens is 281 g/mol. The second-order valence-corrected chi connectivity index (χ2v) is 5.63. The van der Waals surface area contributed by atoms with Crippen molar-refractivity contribution in [3.05, 3.63) is 29.6 Å². The molecular formula is C14H16FNO3S. The Kier molecular flexibility index (Phi) is 4.65. The standard InChI is InChI=1S/C14H16FNO3S/c1-20-12-7-9(4-5-11(12)15)13(17)16-6-2-3-10(8-16)14(18)19/h4-5,7,10H,2-3,6,8H2,1H3,(H,18,19). The normalized spacial score (nSPS) is 18.9. The summed E-state index contributed by atoms with van der Waals surface area (Å²) < 4.78 is 13.4. The quantitative estimate of drug-likeness (QED) is 0.871. The molecule has 1 atom stereocenters. The lowest BCUT2D eigenvalue weighted by molar-refractivity contribution is -0.143. The number of carboxylic acids is 1. The zero-order chi connectivity index (χ0) is 14.7. The molecule has 1 aliphatic rings. The average molecular weight is 297 g/mol.